The van der Waals surface area contributed by atoms with Gasteiger partial charge in [-0.15, -0.1) is 11.3 Å². The summed E-state index contributed by atoms with van der Waals surface area (Å²) in [6.07, 6.45) is 2.85. The molecule has 1 aliphatic rings. The summed E-state index contributed by atoms with van der Waals surface area (Å²) in [7, 11) is 0. The molecule has 23 heavy (non-hydrogen) atoms. The van der Waals surface area contributed by atoms with Crippen molar-refractivity contribution in [2.75, 3.05) is 11.9 Å². The largest absolute Gasteiger partial charge is 0.466 e. The first-order valence-corrected chi connectivity index (χ1v) is 8.53. The molecular formula is C17H19NO4S. The predicted octanol–water partition coefficient (Wildman–Crippen LogP) is 3.88. The molecule has 0 radical (unpaired) electrons. The summed E-state index contributed by atoms with van der Waals surface area (Å²) < 4.78 is 10.6. The second-order valence-corrected chi connectivity index (χ2v) is 6.67. The third-order valence-electron chi connectivity index (χ3n) is 3.91. The number of amides is 1. The van der Waals surface area contributed by atoms with Gasteiger partial charge in [-0.05, 0) is 51.7 Å². The fourth-order valence-electron chi connectivity index (χ4n) is 2.94. The van der Waals surface area contributed by atoms with Gasteiger partial charge in [0, 0.05) is 4.88 Å². The number of hydrogen-bond donors (Lipinski definition) is 1. The van der Waals surface area contributed by atoms with Gasteiger partial charge in [0.2, 0.25) is 0 Å². The van der Waals surface area contributed by atoms with Crippen LogP contribution in [0.5, 0.6) is 0 Å². The molecule has 0 atom stereocenters. The van der Waals surface area contributed by atoms with Crippen LogP contribution in [0.3, 0.4) is 0 Å². The molecule has 0 spiro atoms. The van der Waals surface area contributed by atoms with Crippen molar-refractivity contribution in [1.82, 2.24) is 0 Å². The molecule has 0 fully saturated rings. The Hall–Kier alpha value is -2.08. The Morgan fingerprint density at radius 3 is 2.78 bits per heavy atom. The van der Waals surface area contributed by atoms with Crippen LogP contribution in [0.2, 0.25) is 0 Å². The minimum atomic E-state index is -0.359. The minimum absolute atomic E-state index is 0.259. The van der Waals surface area contributed by atoms with Crippen LogP contribution in [0.25, 0.3) is 0 Å². The summed E-state index contributed by atoms with van der Waals surface area (Å²) in [4.78, 5) is 26.0. The van der Waals surface area contributed by atoms with Gasteiger partial charge in [-0.25, -0.2) is 4.79 Å². The number of ether oxygens (including phenoxy) is 1. The fraction of sp³-hybridized carbons (Fsp3) is 0.412. The number of carbonyl (C=O) groups excluding carboxylic acids is 2. The van der Waals surface area contributed by atoms with Crippen LogP contribution in [-0.4, -0.2) is 18.5 Å². The van der Waals surface area contributed by atoms with E-state index in [0.717, 1.165) is 24.8 Å². The molecule has 3 rings (SSSR count). The number of aryl methyl sites for hydroxylation is 3. The Kier molecular flexibility index (Phi) is 4.26. The maximum atomic E-state index is 12.5. The van der Waals surface area contributed by atoms with Gasteiger partial charge in [0.05, 0.1) is 17.7 Å². The zero-order chi connectivity index (χ0) is 16.6. The zero-order valence-electron chi connectivity index (χ0n) is 13.4. The van der Waals surface area contributed by atoms with Gasteiger partial charge in [0.25, 0.3) is 5.91 Å². The first-order valence-electron chi connectivity index (χ1n) is 7.71. The average Bonchev–Trinajstić information content (AvgIpc) is 3.13. The minimum Gasteiger partial charge on any atom is -0.466 e. The van der Waals surface area contributed by atoms with Gasteiger partial charge < -0.3 is 14.5 Å². The van der Waals surface area contributed by atoms with Crippen LogP contribution in [0, 0.1) is 13.8 Å². The standard InChI is InChI=1S/C17H19NO4S/c1-4-21-17(20)14-11-6-5-7-13(11)23-16(14)18-15(19)12-8-9(2)22-10(12)3/h8H,4-7H2,1-3H3,(H,18,19). The number of esters is 1. The Bertz CT molecular complexity index is 772. The van der Waals surface area contributed by atoms with Crippen molar-refractivity contribution < 1.29 is 18.7 Å². The molecule has 0 saturated carbocycles. The Morgan fingerprint density at radius 2 is 2.13 bits per heavy atom. The number of rotatable bonds is 4. The van der Waals surface area contributed by atoms with Crippen molar-refractivity contribution in [2.45, 2.75) is 40.0 Å². The lowest BCUT2D eigenvalue weighted by molar-refractivity contribution is 0.0527. The summed E-state index contributed by atoms with van der Waals surface area (Å²) >= 11 is 1.48. The van der Waals surface area contributed by atoms with Crippen LogP contribution in [-0.2, 0) is 17.6 Å². The lowest BCUT2D eigenvalue weighted by Gasteiger charge is -2.07. The molecule has 5 nitrogen and oxygen atoms in total. The number of fused-ring (bicyclic) bond motifs is 1. The van der Waals surface area contributed by atoms with E-state index < -0.39 is 0 Å². The van der Waals surface area contributed by atoms with Gasteiger partial charge >= 0.3 is 5.97 Å². The smallest absolute Gasteiger partial charge is 0.341 e. The number of carbonyl (C=O) groups is 2. The highest BCUT2D eigenvalue weighted by Crippen LogP contribution is 2.39. The Balaban J connectivity index is 1.92. The van der Waals surface area contributed by atoms with Crippen LogP contribution < -0.4 is 5.32 Å². The molecule has 122 valence electrons. The van der Waals surface area contributed by atoms with Crippen molar-refractivity contribution in [3.8, 4) is 0 Å². The highest BCUT2D eigenvalue weighted by Gasteiger charge is 2.28. The molecule has 0 aliphatic heterocycles. The molecule has 1 amide bonds. The molecule has 1 aliphatic carbocycles. The summed E-state index contributed by atoms with van der Waals surface area (Å²) in [5.41, 5.74) is 2.05. The van der Waals surface area contributed by atoms with E-state index in [4.69, 9.17) is 9.15 Å². The van der Waals surface area contributed by atoms with E-state index in [1.54, 1.807) is 26.8 Å². The maximum absolute atomic E-state index is 12.5. The number of thiophene rings is 1. The zero-order valence-corrected chi connectivity index (χ0v) is 14.3. The maximum Gasteiger partial charge on any atom is 0.341 e. The number of anilines is 1. The van der Waals surface area contributed by atoms with E-state index >= 15 is 0 Å². The van der Waals surface area contributed by atoms with Gasteiger partial charge in [0.1, 0.15) is 16.5 Å². The van der Waals surface area contributed by atoms with Crippen molar-refractivity contribution in [2.24, 2.45) is 0 Å². The quantitative estimate of drug-likeness (QED) is 0.862. The predicted molar refractivity (Wildman–Crippen MR) is 88.4 cm³/mol. The van der Waals surface area contributed by atoms with E-state index in [-0.39, 0.29) is 11.9 Å². The van der Waals surface area contributed by atoms with Crippen LogP contribution in [0.1, 0.15) is 56.0 Å². The summed E-state index contributed by atoms with van der Waals surface area (Å²) in [6.45, 7) is 5.65. The summed E-state index contributed by atoms with van der Waals surface area (Å²) in [5, 5.41) is 3.45. The topological polar surface area (TPSA) is 68.5 Å². The first kappa shape index (κ1) is 15.8. The number of nitrogens with one attached hydrogen (secondary N) is 1. The number of furan rings is 1. The second kappa shape index (κ2) is 6.20. The molecule has 2 aromatic rings. The normalized spacial score (nSPS) is 13.0. The number of hydrogen-bond acceptors (Lipinski definition) is 5. The SMILES string of the molecule is CCOC(=O)c1c(NC(=O)c2cc(C)oc2C)sc2c1CCC2. The Labute approximate surface area is 138 Å². The lowest BCUT2D eigenvalue weighted by atomic mass is 10.1. The Morgan fingerprint density at radius 1 is 1.35 bits per heavy atom. The molecule has 0 bridgehead atoms. The molecule has 0 unspecified atom stereocenters. The summed E-state index contributed by atoms with van der Waals surface area (Å²) in [5.74, 6) is 0.640. The highest BCUT2D eigenvalue weighted by atomic mass is 32.1. The third-order valence-corrected chi connectivity index (χ3v) is 5.12. The first-order chi connectivity index (χ1) is 11.0. The fourth-order valence-corrected chi connectivity index (χ4v) is 4.21. The highest BCUT2D eigenvalue weighted by molar-refractivity contribution is 7.17. The molecule has 6 heteroatoms. The van der Waals surface area contributed by atoms with E-state index in [1.807, 2.05) is 0 Å². The van der Waals surface area contributed by atoms with Crippen molar-refractivity contribution in [3.63, 3.8) is 0 Å². The lowest BCUT2D eigenvalue weighted by Crippen LogP contribution is -2.15. The van der Waals surface area contributed by atoms with Crippen molar-refractivity contribution >= 4 is 28.2 Å². The van der Waals surface area contributed by atoms with E-state index in [0.29, 0.717) is 34.3 Å². The van der Waals surface area contributed by atoms with Crippen molar-refractivity contribution in [1.29, 1.82) is 0 Å². The van der Waals surface area contributed by atoms with E-state index in [9.17, 15) is 9.59 Å². The van der Waals surface area contributed by atoms with Crippen LogP contribution in [0.15, 0.2) is 10.5 Å². The summed E-state index contributed by atoms with van der Waals surface area (Å²) in [6, 6.07) is 1.70. The second-order valence-electron chi connectivity index (χ2n) is 5.56. The molecule has 0 saturated heterocycles. The van der Waals surface area contributed by atoms with Crippen molar-refractivity contribution in [3.05, 3.63) is 39.2 Å². The van der Waals surface area contributed by atoms with Gasteiger partial charge in [-0.2, -0.15) is 0 Å². The average molecular weight is 333 g/mol. The molecule has 2 heterocycles. The van der Waals surface area contributed by atoms with Crippen LogP contribution in [0.4, 0.5) is 5.00 Å². The van der Waals surface area contributed by atoms with Crippen LogP contribution >= 0.6 is 11.3 Å². The van der Waals surface area contributed by atoms with E-state index in [1.165, 1.54) is 16.2 Å². The van der Waals surface area contributed by atoms with Gasteiger partial charge in [-0.3, -0.25) is 4.79 Å². The molecule has 0 aromatic carbocycles. The monoisotopic (exact) mass is 333 g/mol. The van der Waals surface area contributed by atoms with Gasteiger partial charge in [-0.1, -0.05) is 0 Å². The third kappa shape index (κ3) is 2.91. The molecule has 2 aromatic heterocycles. The van der Waals surface area contributed by atoms with E-state index in [2.05, 4.69) is 5.32 Å². The molecule has 1 N–H and O–H groups in total. The van der Waals surface area contributed by atoms with Gasteiger partial charge in [0.15, 0.2) is 0 Å². The molecular weight excluding hydrogens is 314 g/mol.